The molecule has 0 bridgehead atoms. The van der Waals surface area contributed by atoms with Crippen molar-refractivity contribution in [2.24, 2.45) is 17.8 Å². The zero-order valence-corrected chi connectivity index (χ0v) is 7.13. The summed E-state index contributed by atoms with van der Waals surface area (Å²) in [5, 5.41) is 0. The Labute approximate surface area is 65.2 Å². The molecule has 0 aromatic carbocycles. The molecule has 0 N–H and O–H groups in total. The normalized spacial score (nSPS) is 50.5. The summed E-state index contributed by atoms with van der Waals surface area (Å²) in [7, 11) is 0. The fourth-order valence-electron chi connectivity index (χ4n) is 1.44. The Bertz CT molecular complexity index is 125. The van der Waals surface area contributed by atoms with Crippen LogP contribution in [-0.2, 0) is 4.74 Å². The molecule has 1 saturated heterocycles. The molecule has 1 heterocycles. The molecular formula is C9H18O. The number of rotatable bonds is 0. The van der Waals surface area contributed by atoms with E-state index in [-0.39, 0.29) is 6.10 Å². The number of hydrogen-bond donors (Lipinski definition) is 0. The fourth-order valence-corrected chi connectivity index (χ4v) is 1.44. The van der Waals surface area contributed by atoms with Crippen molar-refractivity contribution in [2.45, 2.75) is 33.8 Å². The summed E-state index contributed by atoms with van der Waals surface area (Å²) in [5.74, 6) is 1.92. The van der Waals surface area contributed by atoms with E-state index in [1.54, 1.807) is 0 Å². The number of hydrogen-bond acceptors (Lipinski definition) is 1. The molecule has 0 aromatic heterocycles. The summed E-state index contributed by atoms with van der Waals surface area (Å²) >= 11 is 0. The van der Waals surface area contributed by atoms with Gasteiger partial charge in [0.2, 0.25) is 0 Å². The minimum absolute atomic E-state index is 0.182. The van der Waals surface area contributed by atoms with Crippen LogP contribution in [0.4, 0.5) is 0 Å². The monoisotopic (exact) mass is 143 g/mol. The first-order valence-electron chi connectivity index (χ1n) is 4.78. The highest BCUT2D eigenvalue weighted by molar-refractivity contribution is 4.77. The Morgan fingerprint density at radius 1 is 1.30 bits per heavy atom. The second-order valence-corrected chi connectivity index (χ2v) is 3.57. The van der Waals surface area contributed by atoms with E-state index in [1.807, 2.05) is 0 Å². The van der Waals surface area contributed by atoms with Crippen molar-refractivity contribution < 1.29 is 6.11 Å². The third-order valence-corrected chi connectivity index (χ3v) is 2.89. The molecule has 4 atom stereocenters. The third kappa shape index (κ3) is 1.34. The Balaban J connectivity index is 2.52. The number of ether oxygens (including phenoxy) is 1. The zero-order chi connectivity index (χ0) is 8.43. The van der Waals surface area contributed by atoms with Crippen molar-refractivity contribution in [1.29, 1.82) is 0 Å². The van der Waals surface area contributed by atoms with Gasteiger partial charge in [-0.05, 0) is 24.7 Å². The summed E-state index contributed by atoms with van der Waals surface area (Å²) in [6.07, 6.45) is 0.182. The predicted octanol–water partition coefficient (Wildman–Crippen LogP) is 2.31. The summed E-state index contributed by atoms with van der Waals surface area (Å²) in [4.78, 5) is 0. The highest BCUT2D eigenvalue weighted by atomic mass is 16.5. The lowest BCUT2D eigenvalue weighted by Gasteiger charge is -2.36. The second kappa shape index (κ2) is 2.91. The van der Waals surface area contributed by atoms with Gasteiger partial charge in [-0.2, -0.15) is 0 Å². The molecule has 0 aliphatic carbocycles. The van der Waals surface area contributed by atoms with Crippen LogP contribution in [0.5, 0.6) is 0 Å². The molecule has 0 aromatic rings. The van der Waals surface area contributed by atoms with Crippen molar-refractivity contribution in [1.82, 2.24) is 0 Å². The van der Waals surface area contributed by atoms with Gasteiger partial charge in [0, 0.05) is 7.98 Å². The van der Waals surface area contributed by atoms with Crippen LogP contribution < -0.4 is 0 Å². The lowest BCUT2D eigenvalue weighted by molar-refractivity contribution is -0.0661. The van der Waals surface area contributed by atoms with Gasteiger partial charge in [0.1, 0.15) is 0 Å². The lowest BCUT2D eigenvalue weighted by atomic mass is 9.80. The molecule has 60 valence electrons. The molecule has 1 fully saturated rings. The van der Waals surface area contributed by atoms with Gasteiger partial charge in [0.15, 0.2) is 0 Å². The first-order chi connectivity index (χ1) is 5.16. The Morgan fingerprint density at radius 2 is 2.00 bits per heavy atom. The van der Waals surface area contributed by atoms with Crippen molar-refractivity contribution in [3.8, 4) is 0 Å². The van der Waals surface area contributed by atoms with Crippen LogP contribution in [0.1, 0.15) is 29.0 Å². The van der Waals surface area contributed by atoms with Crippen LogP contribution in [0.2, 0.25) is 0 Å². The van der Waals surface area contributed by atoms with Crippen LogP contribution in [0.3, 0.4) is 0 Å². The summed E-state index contributed by atoms with van der Waals surface area (Å²) in [6, 6.07) is 0. The molecule has 10 heavy (non-hydrogen) atoms. The van der Waals surface area contributed by atoms with E-state index in [0.29, 0.717) is 24.7 Å². The van der Waals surface area contributed by atoms with Crippen LogP contribution in [0.15, 0.2) is 0 Å². The molecule has 1 heteroatoms. The van der Waals surface area contributed by atoms with E-state index in [4.69, 9.17) is 6.11 Å². The molecule has 4 unspecified atom stereocenters. The lowest BCUT2D eigenvalue weighted by Crippen LogP contribution is -2.36. The average molecular weight is 143 g/mol. The van der Waals surface area contributed by atoms with Crippen LogP contribution in [-0.4, -0.2) is 12.7 Å². The molecular weight excluding hydrogens is 124 g/mol. The highest BCUT2D eigenvalue weighted by Crippen LogP contribution is 2.29. The SMILES string of the molecule is [2H]CC1OCC(C)C(C)C1C. The van der Waals surface area contributed by atoms with Crippen molar-refractivity contribution in [3.05, 3.63) is 0 Å². The van der Waals surface area contributed by atoms with Gasteiger partial charge in [-0.25, -0.2) is 0 Å². The van der Waals surface area contributed by atoms with Gasteiger partial charge in [-0.3, -0.25) is 0 Å². The largest absolute Gasteiger partial charge is 0.378 e. The highest BCUT2D eigenvalue weighted by Gasteiger charge is 2.29. The van der Waals surface area contributed by atoms with Crippen LogP contribution in [0, 0.1) is 17.8 Å². The zero-order valence-electron chi connectivity index (χ0n) is 8.13. The molecule has 0 amide bonds. The second-order valence-electron chi connectivity index (χ2n) is 3.57. The molecule has 0 saturated carbocycles. The van der Waals surface area contributed by atoms with Crippen molar-refractivity contribution in [3.63, 3.8) is 0 Å². The van der Waals surface area contributed by atoms with E-state index in [9.17, 15) is 0 Å². The van der Waals surface area contributed by atoms with Gasteiger partial charge < -0.3 is 4.74 Å². The topological polar surface area (TPSA) is 9.23 Å². The molecule has 1 aliphatic rings. The Morgan fingerprint density at radius 3 is 2.60 bits per heavy atom. The van der Waals surface area contributed by atoms with E-state index in [2.05, 4.69) is 20.8 Å². The smallest absolute Gasteiger partial charge is 0.0575 e. The van der Waals surface area contributed by atoms with Gasteiger partial charge in [-0.15, -0.1) is 0 Å². The Hall–Kier alpha value is -0.0400. The van der Waals surface area contributed by atoms with Gasteiger partial charge in [0.25, 0.3) is 0 Å². The third-order valence-electron chi connectivity index (χ3n) is 2.89. The van der Waals surface area contributed by atoms with E-state index >= 15 is 0 Å². The van der Waals surface area contributed by atoms with Crippen molar-refractivity contribution >= 4 is 0 Å². The predicted molar refractivity (Wildman–Crippen MR) is 42.9 cm³/mol. The van der Waals surface area contributed by atoms with E-state index < -0.39 is 0 Å². The Kier molecular flexibility index (Phi) is 1.94. The summed E-state index contributed by atoms with van der Waals surface area (Å²) < 4.78 is 12.8. The van der Waals surface area contributed by atoms with Crippen molar-refractivity contribution in [2.75, 3.05) is 6.61 Å². The molecule has 1 aliphatic heterocycles. The van der Waals surface area contributed by atoms with Crippen LogP contribution in [0.25, 0.3) is 0 Å². The quantitative estimate of drug-likeness (QED) is 0.505. The molecule has 0 spiro atoms. The average Bonchev–Trinajstić information content (AvgIpc) is 2.01. The molecule has 1 rings (SSSR count). The summed E-state index contributed by atoms with van der Waals surface area (Å²) in [6.45, 7) is 7.94. The van der Waals surface area contributed by atoms with Crippen LogP contribution >= 0.6 is 0 Å². The van der Waals surface area contributed by atoms with E-state index in [1.165, 1.54) is 0 Å². The minimum atomic E-state index is 0.182. The maximum Gasteiger partial charge on any atom is 0.0575 e. The standard InChI is InChI=1S/C9H18O/c1-6-5-10-9(4)8(3)7(6)2/h6-9H,5H2,1-4H3/i4D. The van der Waals surface area contributed by atoms with Gasteiger partial charge in [0.05, 0.1) is 6.10 Å². The maximum absolute atomic E-state index is 7.26. The van der Waals surface area contributed by atoms with E-state index in [0.717, 1.165) is 6.61 Å². The first kappa shape index (κ1) is 6.66. The minimum Gasteiger partial charge on any atom is -0.378 e. The van der Waals surface area contributed by atoms with Gasteiger partial charge in [-0.1, -0.05) is 20.8 Å². The van der Waals surface area contributed by atoms with Gasteiger partial charge >= 0.3 is 0 Å². The fraction of sp³-hybridized carbons (Fsp3) is 1.00. The first-order valence-corrected chi connectivity index (χ1v) is 4.07. The summed E-state index contributed by atoms with van der Waals surface area (Å²) in [5.41, 5.74) is 0. The molecule has 0 radical (unpaired) electrons. The molecule has 1 nitrogen and oxygen atoms in total. The maximum atomic E-state index is 7.26.